The topological polar surface area (TPSA) is 66.6 Å². The van der Waals surface area contributed by atoms with E-state index in [1.54, 1.807) is 8.61 Å². The zero-order chi connectivity index (χ0) is 14.2. The molecular formula is C14H21N3O2S. The van der Waals surface area contributed by atoms with Crippen LogP contribution in [0.1, 0.15) is 24.8 Å². The molecule has 20 heavy (non-hydrogen) atoms. The Labute approximate surface area is 120 Å². The first-order valence-corrected chi connectivity index (χ1v) is 8.62. The SMILES string of the molecule is NCC1CCCCN1S(=O)(=O)N1CCc2ccccc21. The molecular weight excluding hydrogens is 274 g/mol. The number of rotatable bonds is 3. The van der Waals surface area contributed by atoms with Crippen LogP contribution in [0.4, 0.5) is 5.69 Å². The average molecular weight is 295 g/mol. The summed E-state index contributed by atoms with van der Waals surface area (Å²) in [6.45, 7) is 1.52. The lowest BCUT2D eigenvalue weighted by molar-refractivity contribution is 0.257. The molecule has 5 nitrogen and oxygen atoms in total. The van der Waals surface area contributed by atoms with Gasteiger partial charge in [-0.1, -0.05) is 24.6 Å². The molecule has 0 radical (unpaired) electrons. The van der Waals surface area contributed by atoms with Gasteiger partial charge in [-0.2, -0.15) is 12.7 Å². The van der Waals surface area contributed by atoms with Gasteiger partial charge in [-0.25, -0.2) is 0 Å². The Morgan fingerprint density at radius 3 is 2.80 bits per heavy atom. The molecule has 2 N–H and O–H groups in total. The number of nitrogens with two attached hydrogens (primary N) is 1. The Hall–Kier alpha value is -1.11. The van der Waals surface area contributed by atoms with Crippen LogP contribution in [0.5, 0.6) is 0 Å². The molecule has 0 bridgehead atoms. The minimum Gasteiger partial charge on any atom is -0.329 e. The van der Waals surface area contributed by atoms with Crippen molar-refractivity contribution in [1.82, 2.24) is 4.31 Å². The number of para-hydroxylation sites is 1. The van der Waals surface area contributed by atoms with Crippen LogP contribution in [0.3, 0.4) is 0 Å². The highest BCUT2D eigenvalue weighted by Crippen LogP contribution is 2.33. The molecule has 3 rings (SSSR count). The summed E-state index contributed by atoms with van der Waals surface area (Å²) < 4.78 is 29.0. The first kappa shape index (κ1) is 13.9. The van der Waals surface area contributed by atoms with Crippen LogP contribution in [-0.4, -0.2) is 38.4 Å². The molecule has 0 aromatic heterocycles. The predicted molar refractivity (Wildman–Crippen MR) is 79.8 cm³/mol. The van der Waals surface area contributed by atoms with Gasteiger partial charge in [0, 0.05) is 25.7 Å². The molecule has 0 spiro atoms. The monoisotopic (exact) mass is 295 g/mol. The summed E-state index contributed by atoms with van der Waals surface area (Å²) >= 11 is 0. The van der Waals surface area contributed by atoms with Crippen molar-refractivity contribution in [2.45, 2.75) is 31.7 Å². The maximum atomic E-state index is 12.9. The summed E-state index contributed by atoms with van der Waals surface area (Å²) in [5, 5.41) is 0. The lowest BCUT2D eigenvalue weighted by Crippen LogP contribution is -2.52. The smallest absolute Gasteiger partial charge is 0.304 e. The molecule has 0 amide bonds. The number of hydrogen-bond acceptors (Lipinski definition) is 3. The van der Waals surface area contributed by atoms with Crippen LogP contribution in [0.2, 0.25) is 0 Å². The van der Waals surface area contributed by atoms with Crippen LogP contribution in [0.25, 0.3) is 0 Å². The fraction of sp³-hybridized carbons (Fsp3) is 0.571. The molecule has 1 saturated heterocycles. The summed E-state index contributed by atoms with van der Waals surface area (Å²) in [4.78, 5) is 0. The molecule has 2 heterocycles. The van der Waals surface area contributed by atoms with E-state index in [0.29, 0.717) is 19.6 Å². The first-order chi connectivity index (χ1) is 9.64. The third-order valence-electron chi connectivity index (χ3n) is 4.26. The lowest BCUT2D eigenvalue weighted by atomic mass is 10.1. The van der Waals surface area contributed by atoms with E-state index in [1.807, 2.05) is 24.3 Å². The molecule has 1 atom stereocenters. The van der Waals surface area contributed by atoms with Crippen LogP contribution in [0, 0.1) is 0 Å². The number of benzene rings is 1. The van der Waals surface area contributed by atoms with Crippen molar-refractivity contribution in [1.29, 1.82) is 0 Å². The molecule has 2 aliphatic rings. The van der Waals surface area contributed by atoms with Gasteiger partial charge >= 0.3 is 10.2 Å². The van der Waals surface area contributed by atoms with E-state index >= 15 is 0 Å². The van der Waals surface area contributed by atoms with Gasteiger partial charge in [0.15, 0.2) is 0 Å². The Morgan fingerprint density at radius 2 is 2.00 bits per heavy atom. The number of fused-ring (bicyclic) bond motifs is 1. The van der Waals surface area contributed by atoms with Gasteiger partial charge in [0.2, 0.25) is 0 Å². The van der Waals surface area contributed by atoms with Crippen LogP contribution in [-0.2, 0) is 16.6 Å². The summed E-state index contributed by atoms with van der Waals surface area (Å²) in [7, 11) is -3.45. The van der Waals surface area contributed by atoms with E-state index < -0.39 is 10.2 Å². The largest absolute Gasteiger partial charge is 0.329 e. The highest BCUT2D eigenvalue weighted by molar-refractivity contribution is 7.90. The van der Waals surface area contributed by atoms with Crippen molar-refractivity contribution in [3.8, 4) is 0 Å². The van der Waals surface area contributed by atoms with E-state index in [4.69, 9.17) is 5.73 Å². The average Bonchev–Trinajstić information content (AvgIpc) is 2.92. The van der Waals surface area contributed by atoms with Crippen LogP contribution < -0.4 is 10.0 Å². The minimum absolute atomic E-state index is 0.0542. The summed E-state index contributed by atoms with van der Waals surface area (Å²) in [6, 6.07) is 7.69. The second kappa shape index (κ2) is 5.35. The normalized spacial score (nSPS) is 23.9. The van der Waals surface area contributed by atoms with Crippen molar-refractivity contribution in [2.75, 3.05) is 23.9 Å². The molecule has 0 saturated carbocycles. The fourth-order valence-corrected chi connectivity index (χ4v) is 5.12. The molecule has 6 heteroatoms. The zero-order valence-corrected chi connectivity index (χ0v) is 12.3. The number of piperidine rings is 1. The van der Waals surface area contributed by atoms with Crippen molar-refractivity contribution in [3.05, 3.63) is 29.8 Å². The third-order valence-corrected chi connectivity index (χ3v) is 6.27. The van der Waals surface area contributed by atoms with Crippen molar-refractivity contribution in [2.24, 2.45) is 5.73 Å². The Balaban J connectivity index is 1.93. The van der Waals surface area contributed by atoms with Crippen molar-refractivity contribution < 1.29 is 8.42 Å². The van der Waals surface area contributed by atoms with E-state index in [-0.39, 0.29) is 6.04 Å². The molecule has 1 aromatic rings. The first-order valence-electron chi connectivity index (χ1n) is 7.22. The second-order valence-electron chi connectivity index (χ2n) is 5.45. The van der Waals surface area contributed by atoms with E-state index in [2.05, 4.69) is 0 Å². The van der Waals surface area contributed by atoms with Gasteiger partial charge in [0.1, 0.15) is 0 Å². The zero-order valence-electron chi connectivity index (χ0n) is 11.5. The molecule has 0 aliphatic carbocycles. The summed E-state index contributed by atoms with van der Waals surface area (Å²) in [5.41, 5.74) is 7.70. The van der Waals surface area contributed by atoms with Gasteiger partial charge < -0.3 is 5.73 Å². The van der Waals surface area contributed by atoms with Crippen molar-refractivity contribution >= 4 is 15.9 Å². The van der Waals surface area contributed by atoms with Gasteiger partial charge in [0.05, 0.1) is 5.69 Å². The quantitative estimate of drug-likeness (QED) is 0.908. The van der Waals surface area contributed by atoms with Crippen LogP contribution >= 0.6 is 0 Å². The molecule has 1 fully saturated rings. The van der Waals surface area contributed by atoms with Gasteiger partial charge in [-0.05, 0) is 30.9 Å². The Kier molecular flexibility index (Phi) is 3.70. The van der Waals surface area contributed by atoms with Gasteiger partial charge in [-0.3, -0.25) is 4.31 Å². The maximum Gasteiger partial charge on any atom is 0.304 e. The maximum absolute atomic E-state index is 12.9. The van der Waals surface area contributed by atoms with Gasteiger partial charge in [0.25, 0.3) is 0 Å². The Bertz CT molecular complexity index is 588. The second-order valence-corrected chi connectivity index (χ2v) is 7.26. The number of hydrogen-bond donors (Lipinski definition) is 1. The van der Waals surface area contributed by atoms with Gasteiger partial charge in [-0.15, -0.1) is 0 Å². The fourth-order valence-electron chi connectivity index (χ4n) is 3.19. The van der Waals surface area contributed by atoms with Crippen LogP contribution in [0.15, 0.2) is 24.3 Å². The van der Waals surface area contributed by atoms with E-state index in [1.165, 1.54) is 0 Å². The predicted octanol–water partition coefficient (Wildman–Crippen LogP) is 1.11. The molecule has 1 unspecified atom stereocenters. The lowest BCUT2D eigenvalue weighted by Gasteiger charge is -2.37. The number of anilines is 1. The number of nitrogens with zero attached hydrogens (tertiary/aromatic N) is 2. The highest BCUT2D eigenvalue weighted by Gasteiger charge is 2.38. The van der Waals surface area contributed by atoms with E-state index in [0.717, 1.165) is 36.9 Å². The minimum atomic E-state index is -3.45. The standard InChI is InChI=1S/C14H21N3O2S/c15-11-13-6-3-4-9-16(13)20(18,19)17-10-8-12-5-1-2-7-14(12)17/h1-2,5,7,13H,3-4,6,8-11,15H2. The summed E-state index contributed by atoms with van der Waals surface area (Å²) in [6.07, 6.45) is 3.64. The highest BCUT2D eigenvalue weighted by atomic mass is 32.2. The Morgan fingerprint density at radius 1 is 1.20 bits per heavy atom. The van der Waals surface area contributed by atoms with Crippen molar-refractivity contribution in [3.63, 3.8) is 0 Å². The molecule has 1 aromatic carbocycles. The molecule has 2 aliphatic heterocycles. The third kappa shape index (κ3) is 2.21. The summed E-state index contributed by atoms with van der Waals surface area (Å²) in [5.74, 6) is 0. The molecule has 110 valence electrons. The van der Waals surface area contributed by atoms with E-state index in [9.17, 15) is 8.42 Å².